The van der Waals surface area contributed by atoms with Crippen LogP contribution >= 0.6 is 0 Å². The van der Waals surface area contributed by atoms with Crippen molar-refractivity contribution in [2.45, 2.75) is 0 Å². The highest BCUT2D eigenvalue weighted by atomic mass is 19.1. The van der Waals surface area contributed by atoms with Crippen LogP contribution < -0.4 is 10.1 Å². The first-order chi connectivity index (χ1) is 16.9. The third-order valence-electron chi connectivity index (χ3n) is 5.56. The van der Waals surface area contributed by atoms with Gasteiger partial charge in [0, 0.05) is 44.5 Å². The van der Waals surface area contributed by atoms with Crippen molar-refractivity contribution in [2.24, 2.45) is 7.05 Å². The molecule has 5 rings (SSSR count). The number of ether oxygens (including phenoxy) is 1. The van der Waals surface area contributed by atoms with E-state index in [1.165, 1.54) is 11.2 Å². The molecule has 10 heteroatoms. The molecule has 3 aromatic heterocycles. The van der Waals surface area contributed by atoms with Crippen molar-refractivity contribution in [1.82, 2.24) is 29.6 Å². The number of halogens is 1. The summed E-state index contributed by atoms with van der Waals surface area (Å²) < 4.78 is 22.9. The number of hydrogen-bond acceptors (Lipinski definition) is 7. The normalized spacial score (nSPS) is 11.1. The summed E-state index contributed by atoms with van der Waals surface area (Å²) in [6, 6.07) is 10.4. The molecule has 0 fully saturated rings. The Morgan fingerprint density at radius 1 is 1.11 bits per heavy atom. The van der Waals surface area contributed by atoms with Crippen LogP contribution in [0.2, 0.25) is 0 Å². The maximum Gasteiger partial charge on any atom is 0.259 e. The quantitative estimate of drug-likeness (QED) is 0.401. The minimum atomic E-state index is -0.445. The molecule has 35 heavy (non-hydrogen) atoms. The number of likely N-dealkylation sites (N-methyl/N-ethyl adjacent to an activating group) is 1. The predicted octanol–water partition coefficient (Wildman–Crippen LogP) is 3.93. The molecular formula is C25H22FN7O2. The molecule has 9 nitrogen and oxygen atoms in total. The van der Waals surface area contributed by atoms with Crippen LogP contribution in [0.25, 0.3) is 32.9 Å². The van der Waals surface area contributed by atoms with Gasteiger partial charge in [0.05, 0.1) is 28.3 Å². The number of hydrogen-bond donors (Lipinski definition) is 1. The van der Waals surface area contributed by atoms with Gasteiger partial charge in [-0.3, -0.25) is 14.5 Å². The van der Waals surface area contributed by atoms with Gasteiger partial charge < -0.3 is 15.0 Å². The summed E-state index contributed by atoms with van der Waals surface area (Å²) in [7, 11) is 5.14. The lowest BCUT2D eigenvalue weighted by Crippen LogP contribution is -2.27. The van der Waals surface area contributed by atoms with E-state index in [1.54, 1.807) is 61.5 Å². The zero-order chi connectivity index (χ0) is 24.5. The van der Waals surface area contributed by atoms with Crippen molar-refractivity contribution in [3.8, 4) is 16.9 Å². The second-order valence-electron chi connectivity index (χ2n) is 8.19. The molecule has 0 atom stereocenters. The van der Waals surface area contributed by atoms with Crippen molar-refractivity contribution >= 4 is 39.2 Å². The van der Waals surface area contributed by atoms with Crippen molar-refractivity contribution in [3.05, 3.63) is 67.1 Å². The highest BCUT2D eigenvalue weighted by Gasteiger charge is 2.17. The van der Waals surface area contributed by atoms with Crippen molar-refractivity contribution in [3.63, 3.8) is 0 Å². The smallest absolute Gasteiger partial charge is 0.259 e. The third-order valence-corrected chi connectivity index (χ3v) is 5.56. The molecule has 0 saturated heterocycles. The maximum absolute atomic E-state index is 15.2. The van der Waals surface area contributed by atoms with Gasteiger partial charge in [-0.1, -0.05) is 0 Å². The zero-order valence-electron chi connectivity index (χ0n) is 19.4. The van der Waals surface area contributed by atoms with Crippen LogP contribution in [-0.4, -0.2) is 56.2 Å². The van der Waals surface area contributed by atoms with Gasteiger partial charge in [-0.2, -0.15) is 5.10 Å². The van der Waals surface area contributed by atoms with Gasteiger partial charge >= 0.3 is 0 Å². The van der Waals surface area contributed by atoms with E-state index in [2.05, 4.69) is 25.4 Å². The zero-order valence-corrected chi connectivity index (χ0v) is 19.4. The lowest BCUT2D eigenvalue weighted by molar-refractivity contribution is -0.130. The number of fused-ring (bicyclic) bond motifs is 2. The number of nitrogens with zero attached hydrogens (tertiary/aromatic N) is 6. The van der Waals surface area contributed by atoms with Crippen LogP contribution in [0.5, 0.6) is 5.75 Å². The first kappa shape index (κ1) is 22.2. The van der Waals surface area contributed by atoms with Crippen molar-refractivity contribution < 1.29 is 13.9 Å². The number of anilines is 2. The summed E-state index contributed by atoms with van der Waals surface area (Å²) in [6.07, 6.45) is 6.61. The van der Waals surface area contributed by atoms with Crippen LogP contribution in [0.1, 0.15) is 0 Å². The third kappa shape index (κ3) is 4.33. The highest BCUT2D eigenvalue weighted by molar-refractivity contribution is 5.99. The Morgan fingerprint density at radius 2 is 1.97 bits per heavy atom. The average Bonchev–Trinajstić information content (AvgIpc) is 3.30. The van der Waals surface area contributed by atoms with Crippen molar-refractivity contribution in [2.75, 3.05) is 26.0 Å². The fraction of sp³-hybridized carbons (Fsp3) is 0.160. The van der Waals surface area contributed by atoms with Gasteiger partial charge in [0.15, 0.2) is 12.4 Å². The van der Waals surface area contributed by atoms with E-state index in [9.17, 15) is 4.79 Å². The molecule has 0 unspecified atom stereocenters. The first-order valence-electron chi connectivity index (χ1n) is 10.8. The van der Waals surface area contributed by atoms with E-state index >= 15 is 4.39 Å². The molecule has 1 amide bonds. The number of carbonyl (C=O) groups is 1. The molecule has 1 N–H and O–H groups in total. The summed E-state index contributed by atoms with van der Waals surface area (Å²) in [5, 5.41) is 8.22. The van der Waals surface area contributed by atoms with E-state index in [0.717, 1.165) is 11.1 Å². The van der Waals surface area contributed by atoms with Crippen LogP contribution in [0, 0.1) is 5.82 Å². The minimum Gasteiger partial charge on any atom is -0.483 e. The summed E-state index contributed by atoms with van der Waals surface area (Å²) in [4.78, 5) is 26.7. The van der Waals surface area contributed by atoms with Gasteiger partial charge in [-0.05, 0) is 42.0 Å². The average molecular weight is 471 g/mol. The number of carbonyl (C=O) groups excluding carboxylic acids is 1. The van der Waals surface area contributed by atoms with E-state index in [0.29, 0.717) is 33.4 Å². The van der Waals surface area contributed by atoms with Gasteiger partial charge in [-0.25, -0.2) is 14.4 Å². The Labute approximate surface area is 200 Å². The molecule has 176 valence electrons. The predicted molar refractivity (Wildman–Crippen MR) is 131 cm³/mol. The van der Waals surface area contributed by atoms with Gasteiger partial charge in [-0.15, -0.1) is 0 Å². The number of aryl methyl sites for hydroxylation is 1. The molecule has 3 heterocycles. The lowest BCUT2D eigenvalue weighted by atomic mass is 10.1. The fourth-order valence-corrected chi connectivity index (χ4v) is 3.71. The molecule has 0 aliphatic rings. The van der Waals surface area contributed by atoms with Gasteiger partial charge in [0.1, 0.15) is 17.9 Å². The number of aromatic nitrogens is 5. The van der Waals surface area contributed by atoms with E-state index in [-0.39, 0.29) is 18.2 Å². The monoisotopic (exact) mass is 471 g/mol. The molecule has 0 bridgehead atoms. The molecule has 0 radical (unpaired) electrons. The minimum absolute atomic E-state index is 0.178. The Morgan fingerprint density at radius 3 is 2.74 bits per heavy atom. The molecule has 5 aromatic rings. The Kier molecular flexibility index (Phi) is 5.69. The summed E-state index contributed by atoms with van der Waals surface area (Å²) in [6.45, 7) is -0.178. The Bertz CT molecular complexity index is 1560. The van der Waals surface area contributed by atoms with Crippen LogP contribution in [0.4, 0.5) is 15.9 Å². The topological polar surface area (TPSA) is 98.1 Å². The number of benzene rings is 2. The Hall–Kier alpha value is -4.60. The molecule has 0 aliphatic heterocycles. The van der Waals surface area contributed by atoms with Crippen LogP contribution in [0.15, 0.2) is 61.3 Å². The van der Waals surface area contributed by atoms with Gasteiger partial charge in [0.2, 0.25) is 0 Å². The number of rotatable bonds is 6. The van der Waals surface area contributed by atoms with Crippen LogP contribution in [0.3, 0.4) is 0 Å². The first-order valence-corrected chi connectivity index (χ1v) is 10.8. The SMILES string of the molecule is CN(C)C(=O)COc1cc(-c2cnn(C)c2)cc2ncnc(Nc3ccc4ncccc4c3F)c12. The number of amides is 1. The fourth-order valence-electron chi connectivity index (χ4n) is 3.71. The van der Waals surface area contributed by atoms with Crippen molar-refractivity contribution in [1.29, 1.82) is 0 Å². The maximum atomic E-state index is 15.2. The van der Waals surface area contributed by atoms with E-state index in [1.807, 2.05) is 19.3 Å². The number of pyridine rings is 1. The Balaban J connectivity index is 1.63. The second kappa shape index (κ2) is 8.98. The molecular weight excluding hydrogens is 449 g/mol. The molecule has 0 spiro atoms. The highest BCUT2D eigenvalue weighted by Crippen LogP contribution is 2.37. The number of nitrogens with one attached hydrogen (secondary N) is 1. The summed E-state index contributed by atoms with van der Waals surface area (Å²) in [5.74, 6) is 0.0913. The lowest BCUT2D eigenvalue weighted by Gasteiger charge is -2.16. The van der Waals surface area contributed by atoms with E-state index < -0.39 is 5.82 Å². The summed E-state index contributed by atoms with van der Waals surface area (Å²) in [5.41, 5.74) is 3.02. The summed E-state index contributed by atoms with van der Waals surface area (Å²) >= 11 is 0. The molecule has 0 saturated carbocycles. The second-order valence-corrected chi connectivity index (χ2v) is 8.19. The van der Waals surface area contributed by atoms with Gasteiger partial charge in [0.25, 0.3) is 5.91 Å². The molecule has 2 aromatic carbocycles. The largest absolute Gasteiger partial charge is 0.483 e. The van der Waals surface area contributed by atoms with E-state index in [4.69, 9.17) is 4.74 Å². The molecule has 0 aliphatic carbocycles. The standard InChI is InChI=1S/C25H22FN7O2/c1-32(2)22(34)13-35-21-10-15(16-11-30-33(3)12-16)9-20-23(21)25(29-14-28-20)31-19-7-6-18-17(24(19)26)5-4-8-27-18/h4-12,14H,13H2,1-3H3,(H,28,29,31). The van der Waals surface area contributed by atoms with Crippen LogP contribution in [-0.2, 0) is 11.8 Å².